The Morgan fingerprint density at radius 2 is 1.68 bits per heavy atom. The van der Waals surface area contributed by atoms with Crippen LogP contribution in [0.2, 0.25) is 0 Å². The molecular weight excluding hydrogens is 404 g/mol. The summed E-state index contributed by atoms with van der Waals surface area (Å²) < 4.78 is 6.64. The van der Waals surface area contributed by atoms with Gasteiger partial charge in [-0.15, -0.1) is 11.3 Å². The Morgan fingerprint density at radius 3 is 2.42 bits per heavy atom. The Hall–Kier alpha value is -3.70. The van der Waals surface area contributed by atoms with Crippen LogP contribution in [0.25, 0.3) is 31.6 Å². The van der Waals surface area contributed by atoms with E-state index in [0.29, 0.717) is 11.3 Å². The van der Waals surface area contributed by atoms with Gasteiger partial charge in [-0.2, -0.15) is 0 Å². The van der Waals surface area contributed by atoms with Crippen molar-refractivity contribution < 1.29 is 9.53 Å². The number of carbonyl (C=O) groups excluding carboxylic acids is 1. The number of rotatable bonds is 4. The van der Waals surface area contributed by atoms with Crippen molar-refractivity contribution in [1.82, 2.24) is 4.98 Å². The first-order chi connectivity index (χ1) is 15.1. The van der Waals surface area contributed by atoms with Gasteiger partial charge in [-0.25, -0.2) is 4.98 Å². The number of nitrogens with zero attached hydrogens (tertiary/aromatic N) is 1. The molecule has 1 heterocycles. The summed E-state index contributed by atoms with van der Waals surface area (Å²) >= 11 is 1.67. The fourth-order valence-corrected chi connectivity index (χ4v) is 4.68. The van der Waals surface area contributed by atoms with Crippen LogP contribution in [0.4, 0.5) is 5.69 Å². The van der Waals surface area contributed by atoms with Crippen molar-refractivity contribution in [3.8, 4) is 16.3 Å². The molecule has 0 aliphatic carbocycles. The Morgan fingerprint density at radius 1 is 0.935 bits per heavy atom. The molecule has 5 aromatic rings. The van der Waals surface area contributed by atoms with E-state index in [4.69, 9.17) is 9.72 Å². The monoisotopic (exact) mass is 424 g/mol. The molecular formula is C26H20N2O2S. The number of carbonyl (C=O) groups is 1. The lowest BCUT2D eigenvalue weighted by Crippen LogP contribution is -2.13. The lowest BCUT2D eigenvalue weighted by atomic mass is 10.1. The summed E-state index contributed by atoms with van der Waals surface area (Å²) in [5.41, 5.74) is 4.49. The highest BCUT2D eigenvalue weighted by molar-refractivity contribution is 7.21. The van der Waals surface area contributed by atoms with Gasteiger partial charge in [0.1, 0.15) is 10.8 Å². The van der Waals surface area contributed by atoms with Crippen LogP contribution in [0.15, 0.2) is 78.9 Å². The maximum absolute atomic E-state index is 12.9. The SMILES string of the molecule is COc1cc2ccccc2cc1C(=O)Nc1ccc(-c2nc3ccc(C)cc3s2)cc1. The van der Waals surface area contributed by atoms with Crippen LogP contribution in [-0.4, -0.2) is 18.0 Å². The maximum Gasteiger partial charge on any atom is 0.259 e. The van der Waals surface area contributed by atoms with Crippen LogP contribution in [-0.2, 0) is 0 Å². The van der Waals surface area contributed by atoms with Gasteiger partial charge in [0.15, 0.2) is 0 Å². The molecule has 0 unspecified atom stereocenters. The zero-order valence-electron chi connectivity index (χ0n) is 17.2. The summed E-state index contributed by atoms with van der Waals surface area (Å²) in [6.07, 6.45) is 0. The van der Waals surface area contributed by atoms with Gasteiger partial charge in [0.2, 0.25) is 0 Å². The van der Waals surface area contributed by atoms with Gasteiger partial charge in [-0.1, -0.05) is 30.3 Å². The van der Waals surface area contributed by atoms with E-state index in [1.54, 1.807) is 18.4 Å². The zero-order valence-corrected chi connectivity index (χ0v) is 18.0. The molecule has 0 spiro atoms. The Labute approximate surface area is 184 Å². The lowest BCUT2D eigenvalue weighted by Gasteiger charge is -2.11. The van der Waals surface area contributed by atoms with E-state index in [0.717, 1.165) is 32.5 Å². The molecule has 0 aliphatic rings. The van der Waals surface area contributed by atoms with Crippen molar-refractivity contribution in [2.24, 2.45) is 0 Å². The number of aryl methyl sites for hydroxylation is 1. The number of benzene rings is 4. The van der Waals surface area contributed by atoms with E-state index in [2.05, 4.69) is 30.4 Å². The van der Waals surface area contributed by atoms with Crippen molar-refractivity contribution in [1.29, 1.82) is 0 Å². The molecule has 0 atom stereocenters. The number of thiazole rings is 1. The molecule has 1 aromatic heterocycles. The third kappa shape index (κ3) is 3.76. The Kier molecular flexibility index (Phi) is 4.88. The molecule has 152 valence electrons. The number of hydrogen-bond donors (Lipinski definition) is 1. The first kappa shape index (κ1) is 19.3. The molecule has 0 bridgehead atoms. The van der Waals surface area contributed by atoms with E-state index in [1.165, 1.54) is 10.3 Å². The van der Waals surface area contributed by atoms with Crippen molar-refractivity contribution in [3.63, 3.8) is 0 Å². The fraction of sp³-hybridized carbons (Fsp3) is 0.0769. The van der Waals surface area contributed by atoms with Crippen molar-refractivity contribution in [3.05, 3.63) is 90.0 Å². The number of hydrogen-bond acceptors (Lipinski definition) is 4. The van der Waals surface area contributed by atoms with Crippen LogP contribution in [0, 0.1) is 6.92 Å². The summed E-state index contributed by atoms with van der Waals surface area (Å²) in [5.74, 6) is 0.350. The van der Waals surface area contributed by atoms with Crippen LogP contribution >= 0.6 is 11.3 Å². The molecule has 5 rings (SSSR count). The lowest BCUT2D eigenvalue weighted by molar-refractivity contribution is 0.102. The fourth-order valence-electron chi connectivity index (χ4n) is 3.62. The normalized spacial score (nSPS) is 11.0. The van der Waals surface area contributed by atoms with Gasteiger partial charge in [0.05, 0.1) is 22.9 Å². The smallest absolute Gasteiger partial charge is 0.259 e. The molecule has 0 fully saturated rings. The molecule has 5 heteroatoms. The van der Waals surface area contributed by atoms with Gasteiger partial charge in [0.25, 0.3) is 5.91 Å². The largest absolute Gasteiger partial charge is 0.496 e. The van der Waals surface area contributed by atoms with E-state index < -0.39 is 0 Å². The van der Waals surface area contributed by atoms with Gasteiger partial charge < -0.3 is 10.1 Å². The Bertz CT molecular complexity index is 1420. The number of anilines is 1. The summed E-state index contributed by atoms with van der Waals surface area (Å²) in [5, 5.41) is 5.97. The summed E-state index contributed by atoms with van der Waals surface area (Å²) in [7, 11) is 1.58. The van der Waals surface area contributed by atoms with E-state index in [9.17, 15) is 4.79 Å². The third-order valence-corrected chi connectivity index (χ3v) is 6.31. The van der Waals surface area contributed by atoms with Crippen molar-refractivity contribution >= 4 is 43.9 Å². The number of amides is 1. The van der Waals surface area contributed by atoms with Crippen molar-refractivity contribution in [2.75, 3.05) is 12.4 Å². The van der Waals surface area contributed by atoms with E-state index in [1.807, 2.05) is 60.7 Å². The minimum Gasteiger partial charge on any atom is -0.496 e. The van der Waals surface area contributed by atoms with Crippen LogP contribution in [0.1, 0.15) is 15.9 Å². The molecule has 4 aromatic carbocycles. The first-order valence-corrected chi connectivity index (χ1v) is 10.8. The van der Waals surface area contributed by atoms with Gasteiger partial charge in [0, 0.05) is 11.3 Å². The summed E-state index contributed by atoms with van der Waals surface area (Å²) in [6, 6.07) is 25.7. The Balaban J connectivity index is 1.40. The number of nitrogens with one attached hydrogen (secondary N) is 1. The molecule has 0 aliphatic heterocycles. The molecule has 4 nitrogen and oxygen atoms in total. The second kappa shape index (κ2) is 7.85. The van der Waals surface area contributed by atoms with Gasteiger partial charge >= 0.3 is 0 Å². The molecule has 1 amide bonds. The first-order valence-electron chi connectivity index (χ1n) is 9.96. The minimum atomic E-state index is -0.203. The average molecular weight is 425 g/mol. The highest BCUT2D eigenvalue weighted by Crippen LogP contribution is 2.32. The number of aromatic nitrogens is 1. The summed E-state index contributed by atoms with van der Waals surface area (Å²) in [6.45, 7) is 2.08. The molecule has 1 N–H and O–H groups in total. The number of methoxy groups -OCH3 is 1. The predicted octanol–water partition coefficient (Wildman–Crippen LogP) is 6.69. The van der Waals surface area contributed by atoms with Crippen LogP contribution in [0.3, 0.4) is 0 Å². The minimum absolute atomic E-state index is 0.203. The molecule has 0 radical (unpaired) electrons. The van der Waals surface area contributed by atoms with Crippen LogP contribution < -0.4 is 10.1 Å². The second-order valence-electron chi connectivity index (χ2n) is 7.42. The van der Waals surface area contributed by atoms with Gasteiger partial charge in [-0.3, -0.25) is 4.79 Å². The molecule has 0 saturated heterocycles. The second-order valence-corrected chi connectivity index (χ2v) is 8.45. The van der Waals surface area contributed by atoms with Crippen molar-refractivity contribution in [2.45, 2.75) is 6.92 Å². The molecule has 0 saturated carbocycles. The van der Waals surface area contributed by atoms with E-state index >= 15 is 0 Å². The average Bonchev–Trinajstić information content (AvgIpc) is 3.21. The van der Waals surface area contributed by atoms with Gasteiger partial charge in [-0.05, 0) is 71.8 Å². The predicted molar refractivity (Wildman–Crippen MR) is 128 cm³/mol. The number of ether oxygens (including phenoxy) is 1. The quantitative estimate of drug-likeness (QED) is 0.350. The number of fused-ring (bicyclic) bond motifs is 2. The topological polar surface area (TPSA) is 51.2 Å². The highest BCUT2D eigenvalue weighted by atomic mass is 32.1. The highest BCUT2D eigenvalue weighted by Gasteiger charge is 2.14. The third-order valence-electron chi connectivity index (χ3n) is 5.25. The molecule has 31 heavy (non-hydrogen) atoms. The summed E-state index contributed by atoms with van der Waals surface area (Å²) in [4.78, 5) is 17.7. The zero-order chi connectivity index (χ0) is 21.4. The maximum atomic E-state index is 12.9. The standard InChI is InChI=1S/C26H20N2O2S/c1-16-7-12-22-24(13-16)31-26(28-22)17-8-10-20(11-9-17)27-25(29)21-14-18-5-3-4-6-19(18)15-23(21)30-2/h3-15H,1-2H3,(H,27,29). The van der Waals surface area contributed by atoms with Crippen LogP contribution in [0.5, 0.6) is 5.75 Å². The van der Waals surface area contributed by atoms with E-state index in [-0.39, 0.29) is 5.91 Å².